The van der Waals surface area contributed by atoms with Crippen molar-refractivity contribution < 1.29 is 17.9 Å². The Morgan fingerprint density at radius 1 is 0.971 bits per heavy atom. The van der Waals surface area contributed by atoms with Crippen molar-refractivity contribution in [3.63, 3.8) is 0 Å². The lowest BCUT2D eigenvalue weighted by molar-refractivity contribution is 0.0950. The Morgan fingerprint density at radius 2 is 1.76 bits per heavy atom. The molecule has 3 aromatic carbocycles. The standard InChI is InChI=1S/C26H25N3O4S/c1-2-16-33-23-17-21(26(30)28-18-19-8-4-3-5-9-19)13-14-22(23)29-34(31,32)24-12-6-10-20-11-7-15-27-25(20)24/h3-15,17,29H,2,16,18H2,1H3,(H,28,30). The first-order valence-corrected chi connectivity index (χ1v) is 12.4. The van der Waals surface area contributed by atoms with E-state index in [0.29, 0.717) is 24.2 Å². The molecule has 0 radical (unpaired) electrons. The normalized spacial score (nSPS) is 11.2. The second kappa shape index (κ2) is 10.4. The number of hydrogen-bond acceptors (Lipinski definition) is 5. The maximum absolute atomic E-state index is 13.2. The van der Waals surface area contributed by atoms with Crippen LogP contribution in [0.4, 0.5) is 5.69 Å². The number of nitrogens with zero attached hydrogens (tertiary/aromatic N) is 1. The van der Waals surface area contributed by atoms with E-state index >= 15 is 0 Å². The van der Waals surface area contributed by atoms with Crippen LogP contribution in [-0.4, -0.2) is 25.9 Å². The van der Waals surface area contributed by atoms with Gasteiger partial charge in [0.15, 0.2) is 0 Å². The highest BCUT2D eigenvalue weighted by molar-refractivity contribution is 7.93. The summed E-state index contributed by atoms with van der Waals surface area (Å²) in [5, 5.41) is 3.59. The summed E-state index contributed by atoms with van der Waals surface area (Å²) in [5.41, 5.74) is 1.98. The van der Waals surface area contributed by atoms with Gasteiger partial charge in [0.2, 0.25) is 0 Å². The van der Waals surface area contributed by atoms with Crippen molar-refractivity contribution in [2.24, 2.45) is 0 Å². The third kappa shape index (κ3) is 5.35. The van der Waals surface area contributed by atoms with E-state index in [1.54, 1.807) is 48.7 Å². The van der Waals surface area contributed by atoms with Crippen molar-refractivity contribution in [3.05, 3.63) is 96.2 Å². The number of carbonyl (C=O) groups excluding carboxylic acids is 1. The van der Waals surface area contributed by atoms with Crippen molar-refractivity contribution in [3.8, 4) is 5.75 Å². The molecule has 0 saturated heterocycles. The van der Waals surface area contributed by atoms with Crippen LogP contribution in [0.1, 0.15) is 29.3 Å². The molecule has 1 aromatic heterocycles. The van der Waals surface area contributed by atoms with Crippen molar-refractivity contribution >= 4 is 32.5 Å². The van der Waals surface area contributed by atoms with Crippen LogP contribution in [0.3, 0.4) is 0 Å². The highest BCUT2D eigenvalue weighted by Gasteiger charge is 2.21. The number of nitrogens with one attached hydrogen (secondary N) is 2. The minimum absolute atomic E-state index is 0.0664. The second-order valence-corrected chi connectivity index (χ2v) is 9.32. The number of amides is 1. The molecule has 4 aromatic rings. The molecule has 34 heavy (non-hydrogen) atoms. The maximum atomic E-state index is 13.2. The molecule has 174 valence electrons. The first-order valence-electron chi connectivity index (χ1n) is 10.9. The van der Waals surface area contributed by atoms with Gasteiger partial charge < -0.3 is 10.1 Å². The molecule has 0 bridgehead atoms. The van der Waals surface area contributed by atoms with Crippen LogP contribution < -0.4 is 14.8 Å². The van der Waals surface area contributed by atoms with Crippen LogP contribution in [0.5, 0.6) is 5.75 Å². The van der Waals surface area contributed by atoms with Crippen LogP contribution in [0.2, 0.25) is 0 Å². The number of ether oxygens (including phenoxy) is 1. The lowest BCUT2D eigenvalue weighted by Crippen LogP contribution is -2.23. The zero-order valence-electron chi connectivity index (χ0n) is 18.7. The lowest BCUT2D eigenvalue weighted by atomic mass is 10.1. The molecule has 0 aliphatic carbocycles. The molecule has 4 rings (SSSR count). The summed E-state index contributed by atoms with van der Waals surface area (Å²) >= 11 is 0. The molecule has 1 amide bonds. The Kier molecular flexibility index (Phi) is 7.08. The largest absolute Gasteiger partial charge is 0.491 e. The third-order valence-electron chi connectivity index (χ3n) is 5.13. The number of carbonyl (C=O) groups is 1. The van der Waals surface area contributed by atoms with Crippen LogP contribution in [0.15, 0.2) is 90.0 Å². The van der Waals surface area contributed by atoms with Gasteiger partial charge in [0, 0.05) is 23.7 Å². The van der Waals surface area contributed by atoms with Crippen LogP contribution in [-0.2, 0) is 16.6 Å². The summed E-state index contributed by atoms with van der Waals surface area (Å²) in [6.07, 6.45) is 2.28. The second-order valence-electron chi connectivity index (χ2n) is 7.66. The Labute approximate surface area is 198 Å². The number of fused-ring (bicyclic) bond motifs is 1. The van der Waals surface area contributed by atoms with E-state index in [4.69, 9.17) is 4.74 Å². The number of benzene rings is 3. The molecule has 0 fully saturated rings. The topological polar surface area (TPSA) is 97.4 Å². The van der Waals surface area contributed by atoms with E-state index in [9.17, 15) is 13.2 Å². The fourth-order valence-corrected chi connectivity index (χ4v) is 4.70. The van der Waals surface area contributed by atoms with Crippen LogP contribution >= 0.6 is 0 Å². The van der Waals surface area contributed by atoms with Gasteiger partial charge in [-0.3, -0.25) is 14.5 Å². The predicted molar refractivity (Wildman–Crippen MR) is 132 cm³/mol. The minimum atomic E-state index is -3.96. The molecule has 0 unspecified atom stereocenters. The molecular formula is C26H25N3O4S. The van der Waals surface area contributed by atoms with Crippen molar-refractivity contribution in [1.82, 2.24) is 10.3 Å². The van der Waals surface area contributed by atoms with Gasteiger partial charge >= 0.3 is 0 Å². The van der Waals surface area contributed by atoms with Gasteiger partial charge in [-0.05, 0) is 42.3 Å². The zero-order valence-corrected chi connectivity index (χ0v) is 19.5. The van der Waals surface area contributed by atoms with Gasteiger partial charge in [0.1, 0.15) is 10.6 Å². The number of pyridine rings is 1. The molecule has 7 nitrogen and oxygen atoms in total. The highest BCUT2D eigenvalue weighted by Crippen LogP contribution is 2.30. The predicted octanol–water partition coefficient (Wildman–Crippen LogP) is 4.75. The van der Waals surface area contributed by atoms with Gasteiger partial charge in [-0.25, -0.2) is 8.42 Å². The van der Waals surface area contributed by atoms with Crippen molar-refractivity contribution in [2.75, 3.05) is 11.3 Å². The first-order chi connectivity index (χ1) is 16.5. The summed E-state index contributed by atoms with van der Waals surface area (Å²) in [7, 11) is -3.96. The first kappa shape index (κ1) is 23.3. The van der Waals surface area contributed by atoms with E-state index in [2.05, 4.69) is 15.0 Å². The van der Waals surface area contributed by atoms with E-state index < -0.39 is 10.0 Å². The van der Waals surface area contributed by atoms with Gasteiger partial charge in [-0.15, -0.1) is 0 Å². The van der Waals surface area contributed by atoms with Gasteiger partial charge in [-0.2, -0.15) is 0 Å². The number of aromatic nitrogens is 1. The average molecular weight is 476 g/mol. The molecular weight excluding hydrogens is 450 g/mol. The maximum Gasteiger partial charge on any atom is 0.264 e. The molecule has 0 atom stereocenters. The van der Waals surface area contributed by atoms with E-state index in [0.717, 1.165) is 17.4 Å². The fourth-order valence-electron chi connectivity index (χ4n) is 3.45. The Bertz CT molecular complexity index is 1400. The third-order valence-corrected chi connectivity index (χ3v) is 6.53. The van der Waals surface area contributed by atoms with Crippen molar-refractivity contribution in [2.45, 2.75) is 24.8 Å². The van der Waals surface area contributed by atoms with Crippen LogP contribution in [0, 0.1) is 0 Å². The summed E-state index contributed by atoms with van der Waals surface area (Å²) in [5.74, 6) is 0.00356. The highest BCUT2D eigenvalue weighted by atomic mass is 32.2. The Morgan fingerprint density at radius 3 is 2.56 bits per heavy atom. The van der Waals surface area contributed by atoms with Gasteiger partial charge in [-0.1, -0.05) is 55.5 Å². The summed E-state index contributed by atoms with van der Waals surface area (Å²) in [4.78, 5) is 17.0. The summed E-state index contributed by atoms with van der Waals surface area (Å²) in [6.45, 7) is 2.70. The quantitative estimate of drug-likeness (QED) is 0.364. The number of anilines is 1. The average Bonchev–Trinajstić information content (AvgIpc) is 2.86. The van der Waals surface area contributed by atoms with E-state index in [-0.39, 0.29) is 22.2 Å². The van der Waals surface area contributed by atoms with Crippen LogP contribution in [0.25, 0.3) is 10.9 Å². The molecule has 0 saturated carbocycles. The molecule has 8 heteroatoms. The van der Waals surface area contributed by atoms with E-state index in [1.165, 1.54) is 6.07 Å². The number of hydrogen-bond donors (Lipinski definition) is 2. The van der Waals surface area contributed by atoms with Gasteiger partial charge in [0.25, 0.3) is 15.9 Å². The lowest BCUT2D eigenvalue weighted by Gasteiger charge is -2.15. The Hall–Kier alpha value is -3.91. The minimum Gasteiger partial charge on any atom is -0.491 e. The number of sulfonamides is 1. The van der Waals surface area contributed by atoms with Gasteiger partial charge in [0.05, 0.1) is 17.8 Å². The molecule has 0 aliphatic rings. The molecule has 2 N–H and O–H groups in total. The molecule has 1 heterocycles. The summed E-state index contributed by atoms with van der Waals surface area (Å²) in [6, 6.07) is 22.8. The summed E-state index contributed by atoms with van der Waals surface area (Å²) < 4.78 is 34.9. The molecule has 0 spiro atoms. The number of para-hydroxylation sites is 1. The van der Waals surface area contributed by atoms with Crippen molar-refractivity contribution in [1.29, 1.82) is 0 Å². The SMILES string of the molecule is CCCOc1cc(C(=O)NCc2ccccc2)ccc1NS(=O)(=O)c1cccc2cccnc12. The molecule has 0 aliphatic heterocycles. The zero-order chi connectivity index (χ0) is 24.0. The monoisotopic (exact) mass is 475 g/mol. The number of rotatable bonds is 9. The smallest absolute Gasteiger partial charge is 0.264 e. The fraction of sp³-hybridized carbons (Fsp3) is 0.154. The Balaban J connectivity index is 1.60. The van der Waals surface area contributed by atoms with E-state index in [1.807, 2.05) is 37.3 Å².